The van der Waals surface area contributed by atoms with Crippen molar-refractivity contribution >= 4 is 11.9 Å². The van der Waals surface area contributed by atoms with Crippen LogP contribution in [0.3, 0.4) is 0 Å². The molecule has 3 N–H and O–H groups in total. The molecule has 0 saturated heterocycles. The van der Waals surface area contributed by atoms with Gasteiger partial charge in [-0.3, -0.25) is 4.68 Å². The Bertz CT molecular complexity index is 999. The molecular formula is C18H17F6N5O3. The molecule has 0 unspecified atom stereocenters. The summed E-state index contributed by atoms with van der Waals surface area (Å²) in [6.45, 7) is -0.157. The molecule has 2 heterocycles. The number of amidine groups is 1. The Balaban J connectivity index is 1.74. The number of carbonyl (C=O) groups excluding carboxylic acids is 1. The number of amides is 1. The Morgan fingerprint density at radius 2 is 1.72 bits per heavy atom. The summed E-state index contributed by atoms with van der Waals surface area (Å²) in [5.41, 5.74) is 2.77. The molecule has 1 amide bonds. The van der Waals surface area contributed by atoms with Gasteiger partial charge in [0, 0.05) is 13.1 Å². The highest BCUT2D eigenvalue weighted by Gasteiger charge is 2.37. The minimum Gasteiger partial charge on any atom is -0.445 e. The smallest absolute Gasteiger partial charge is 0.416 e. The maximum Gasteiger partial charge on any atom is 0.416 e. The monoisotopic (exact) mass is 465 g/mol. The van der Waals surface area contributed by atoms with Crippen LogP contribution in [-0.4, -0.2) is 38.4 Å². The van der Waals surface area contributed by atoms with Crippen molar-refractivity contribution in [2.75, 3.05) is 6.54 Å². The van der Waals surface area contributed by atoms with E-state index >= 15 is 0 Å². The van der Waals surface area contributed by atoms with Crippen LogP contribution in [-0.2, 0) is 36.8 Å². The van der Waals surface area contributed by atoms with Gasteiger partial charge in [0.05, 0.1) is 23.4 Å². The van der Waals surface area contributed by atoms with Crippen molar-refractivity contribution in [3.8, 4) is 0 Å². The second-order valence-electron chi connectivity index (χ2n) is 6.97. The van der Waals surface area contributed by atoms with Gasteiger partial charge >= 0.3 is 18.4 Å². The summed E-state index contributed by atoms with van der Waals surface area (Å²) in [6.07, 6.45) is -10.5. The highest BCUT2D eigenvalue weighted by Crippen LogP contribution is 2.36. The number of aromatic nitrogens is 2. The van der Waals surface area contributed by atoms with Gasteiger partial charge in [-0.2, -0.15) is 31.4 Å². The maximum absolute atomic E-state index is 13.0. The third-order valence-corrected chi connectivity index (χ3v) is 4.65. The Morgan fingerprint density at radius 3 is 2.28 bits per heavy atom. The summed E-state index contributed by atoms with van der Waals surface area (Å²) in [5, 5.41) is 15.7. The molecular weight excluding hydrogens is 448 g/mol. The third-order valence-electron chi connectivity index (χ3n) is 4.65. The van der Waals surface area contributed by atoms with Crippen LogP contribution < -0.4 is 5.73 Å². The summed E-state index contributed by atoms with van der Waals surface area (Å²) < 4.78 is 84.4. The fourth-order valence-electron chi connectivity index (χ4n) is 3.13. The standard InChI is InChI=1S/C18H17F6N5O3/c19-17(20,21)11-4-10(5-12(6-11)18(22,23)24)9-32-16(30)28-2-1-3-29-13(8-28)7-14(26-29)15(25)27-31/h4-7,31H,1-3,8-9H2,(H2,25,27). The SMILES string of the molecule is N/C(=N\O)c1cc2n(n1)CCCN(C(=O)OCc1cc(C(F)(F)F)cc(C(F)(F)F)c1)C2. The van der Waals surface area contributed by atoms with E-state index in [0.29, 0.717) is 30.8 Å². The lowest BCUT2D eigenvalue weighted by Crippen LogP contribution is -2.31. The molecule has 0 aliphatic carbocycles. The van der Waals surface area contributed by atoms with Crippen molar-refractivity contribution in [3.63, 3.8) is 0 Å². The number of ether oxygens (including phenoxy) is 1. The number of alkyl halides is 6. The minimum absolute atomic E-state index is 0.000248. The molecule has 174 valence electrons. The topological polar surface area (TPSA) is 106 Å². The third kappa shape index (κ3) is 5.23. The van der Waals surface area contributed by atoms with Crippen LogP contribution in [0.5, 0.6) is 0 Å². The van der Waals surface area contributed by atoms with E-state index in [1.165, 1.54) is 11.0 Å². The van der Waals surface area contributed by atoms with E-state index in [-0.39, 0.29) is 30.7 Å². The fourth-order valence-corrected chi connectivity index (χ4v) is 3.13. The van der Waals surface area contributed by atoms with Gasteiger partial charge in [0.2, 0.25) is 0 Å². The van der Waals surface area contributed by atoms with Crippen molar-refractivity contribution in [2.45, 2.75) is 38.5 Å². The first-order valence-electron chi connectivity index (χ1n) is 9.13. The Labute approximate surface area is 176 Å². The highest BCUT2D eigenvalue weighted by atomic mass is 19.4. The van der Waals surface area contributed by atoms with Crippen LogP contribution >= 0.6 is 0 Å². The first-order valence-corrected chi connectivity index (χ1v) is 9.13. The number of nitrogens with two attached hydrogens (primary N) is 1. The highest BCUT2D eigenvalue weighted by molar-refractivity contribution is 5.95. The number of oxime groups is 1. The van der Waals surface area contributed by atoms with Gasteiger partial charge in [0.15, 0.2) is 5.84 Å². The van der Waals surface area contributed by atoms with Gasteiger partial charge in [-0.15, -0.1) is 0 Å². The average molecular weight is 465 g/mol. The predicted molar refractivity (Wildman–Crippen MR) is 96.4 cm³/mol. The predicted octanol–water partition coefficient (Wildman–Crippen LogP) is 3.56. The van der Waals surface area contributed by atoms with Crippen molar-refractivity contribution in [1.29, 1.82) is 0 Å². The van der Waals surface area contributed by atoms with Crippen LogP contribution in [0.4, 0.5) is 31.1 Å². The van der Waals surface area contributed by atoms with E-state index in [9.17, 15) is 31.1 Å². The van der Waals surface area contributed by atoms with Gasteiger partial charge in [0.1, 0.15) is 12.3 Å². The van der Waals surface area contributed by atoms with Crippen LogP contribution in [0.1, 0.15) is 34.5 Å². The number of benzene rings is 1. The minimum atomic E-state index is -5.00. The molecule has 1 aromatic carbocycles. The molecule has 0 saturated carbocycles. The molecule has 32 heavy (non-hydrogen) atoms. The molecule has 0 radical (unpaired) electrons. The summed E-state index contributed by atoms with van der Waals surface area (Å²) in [7, 11) is 0. The zero-order chi connectivity index (χ0) is 23.7. The second-order valence-corrected chi connectivity index (χ2v) is 6.97. The quantitative estimate of drug-likeness (QED) is 0.237. The summed E-state index contributed by atoms with van der Waals surface area (Å²) >= 11 is 0. The van der Waals surface area contributed by atoms with Crippen LogP contribution in [0.15, 0.2) is 29.4 Å². The molecule has 1 aliphatic rings. The Morgan fingerprint density at radius 1 is 1.09 bits per heavy atom. The molecule has 2 aromatic rings. The number of aryl methyl sites for hydroxylation is 1. The van der Waals surface area contributed by atoms with Gasteiger partial charge < -0.3 is 20.6 Å². The maximum atomic E-state index is 13.0. The number of fused-ring (bicyclic) bond motifs is 1. The Hall–Kier alpha value is -3.45. The Kier molecular flexibility index (Phi) is 6.23. The number of rotatable bonds is 3. The fraction of sp³-hybridized carbons (Fsp3) is 0.389. The van der Waals surface area contributed by atoms with Gasteiger partial charge in [-0.05, 0) is 36.2 Å². The first kappa shape index (κ1) is 23.2. The lowest BCUT2D eigenvalue weighted by atomic mass is 10.1. The van der Waals surface area contributed by atoms with E-state index in [2.05, 4.69) is 10.3 Å². The lowest BCUT2D eigenvalue weighted by Gasteiger charge is -2.20. The van der Waals surface area contributed by atoms with E-state index in [1.807, 2.05) is 0 Å². The molecule has 0 spiro atoms. The van der Waals surface area contributed by atoms with Crippen LogP contribution in [0.2, 0.25) is 0 Å². The molecule has 0 fully saturated rings. The largest absolute Gasteiger partial charge is 0.445 e. The van der Waals surface area contributed by atoms with Gasteiger partial charge in [0.25, 0.3) is 0 Å². The van der Waals surface area contributed by atoms with Crippen molar-refractivity contribution in [3.05, 3.63) is 52.3 Å². The number of hydrogen-bond donors (Lipinski definition) is 2. The van der Waals surface area contributed by atoms with Gasteiger partial charge in [-0.1, -0.05) is 5.16 Å². The molecule has 1 aromatic heterocycles. The van der Waals surface area contributed by atoms with Gasteiger partial charge in [-0.25, -0.2) is 4.79 Å². The number of halogens is 6. The van der Waals surface area contributed by atoms with Crippen molar-refractivity contribution in [2.24, 2.45) is 10.9 Å². The van der Waals surface area contributed by atoms with E-state index in [1.54, 1.807) is 4.68 Å². The summed E-state index contributed by atoms with van der Waals surface area (Å²) in [4.78, 5) is 13.7. The first-order chi connectivity index (χ1) is 14.9. The van der Waals surface area contributed by atoms with E-state index in [0.717, 1.165) is 0 Å². The molecule has 3 rings (SSSR count). The molecule has 8 nitrogen and oxygen atoms in total. The van der Waals surface area contributed by atoms with Crippen molar-refractivity contribution in [1.82, 2.24) is 14.7 Å². The van der Waals surface area contributed by atoms with E-state index in [4.69, 9.17) is 15.7 Å². The zero-order valence-electron chi connectivity index (χ0n) is 16.2. The van der Waals surface area contributed by atoms with Crippen LogP contribution in [0.25, 0.3) is 0 Å². The number of carbonyl (C=O) groups is 1. The van der Waals surface area contributed by atoms with E-state index < -0.39 is 41.7 Å². The van der Waals surface area contributed by atoms with Crippen molar-refractivity contribution < 1.29 is 41.1 Å². The molecule has 1 aliphatic heterocycles. The number of hydrogen-bond acceptors (Lipinski definition) is 5. The summed E-state index contributed by atoms with van der Waals surface area (Å²) in [6, 6.07) is 2.50. The zero-order valence-corrected chi connectivity index (χ0v) is 16.2. The second kappa shape index (κ2) is 8.59. The van der Waals surface area contributed by atoms with Crippen LogP contribution in [0, 0.1) is 0 Å². The number of nitrogens with zero attached hydrogens (tertiary/aromatic N) is 4. The molecule has 0 bridgehead atoms. The lowest BCUT2D eigenvalue weighted by molar-refractivity contribution is -0.143. The molecule has 0 atom stereocenters. The molecule has 14 heteroatoms. The normalized spacial score (nSPS) is 15.3. The summed E-state index contributed by atoms with van der Waals surface area (Å²) in [5.74, 6) is -0.232. The average Bonchev–Trinajstić information content (AvgIpc) is 3.01.